The number of hydrogen-bond donors (Lipinski definition) is 1. The molecule has 9 heteroatoms. The highest BCUT2D eigenvalue weighted by molar-refractivity contribution is 7.88. The Morgan fingerprint density at radius 2 is 2.00 bits per heavy atom. The van der Waals surface area contributed by atoms with Crippen LogP contribution in [0.2, 0.25) is 0 Å². The Kier molecular flexibility index (Phi) is 7.13. The van der Waals surface area contributed by atoms with E-state index in [2.05, 4.69) is 10.3 Å². The number of benzene rings is 1. The first-order chi connectivity index (χ1) is 12.3. The molecule has 2 rings (SSSR count). The number of aromatic nitrogens is 1. The normalized spacial score (nSPS) is 11.5. The molecule has 0 bridgehead atoms. The second kappa shape index (κ2) is 9.11. The molecular formula is C17H23N3O4S2. The Labute approximate surface area is 158 Å². The van der Waals surface area contributed by atoms with Crippen LogP contribution in [-0.4, -0.2) is 56.6 Å². The van der Waals surface area contributed by atoms with Crippen LogP contribution in [0.3, 0.4) is 0 Å². The molecule has 0 aliphatic rings. The van der Waals surface area contributed by atoms with Gasteiger partial charge in [0.1, 0.15) is 16.5 Å². The van der Waals surface area contributed by atoms with Crippen molar-refractivity contribution >= 4 is 27.3 Å². The molecule has 1 amide bonds. The zero-order valence-corrected chi connectivity index (χ0v) is 16.7. The Hall–Kier alpha value is -1.97. The lowest BCUT2D eigenvalue weighted by molar-refractivity contribution is 0.0948. The molecule has 0 spiro atoms. The van der Waals surface area contributed by atoms with E-state index < -0.39 is 10.0 Å². The van der Waals surface area contributed by atoms with Crippen molar-refractivity contribution in [3.8, 4) is 16.3 Å². The third kappa shape index (κ3) is 5.79. The van der Waals surface area contributed by atoms with Crippen molar-refractivity contribution in [2.24, 2.45) is 0 Å². The SMILES string of the molecule is CCOc1ccc(-c2nc(C(=O)NCCCN(C)S(C)(=O)=O)cs2)cc1. The molecule has 0 radical (unpaired) electrons. The lowest BCUT2D eigenvalue weighted by atomic mass is 10.2. The lowest BCUT2D eigenvalue weighted by Crippen LogP contribution is -2.31. The highest BCUT2D eigenvalue weighted by Crippen LogP contribution is 2.25. The third-order valence-corrected chi connectivity index (χ3v) is 5.86. The second-order valence-electron chi connectivity index (χ2n) is 5.69. The fourth-order valence-corrected chi connectivity index (χ4v) is 3.40. The fraction of sp³-hybridized carbons (Fsp3) is 0.412. The van der Waals surface area contributed by atoms with E-state index >= 15 is 0 Å². The first kappa shape index (κ1) is 20.3. The average Bonchev–Trinajstić information content (AvgIpc) is 3.08. The van der Waals surface area contributed by atoms with Gasteiger partial charge in [0.2, 0.25) is 10.0 Å². The van der Waals surface area contributed by atoms with Gasteiger partial charge in [-0.1, -0.05) is 0 Å². The standard InChI is InChI=1S/C17H23N3O4S2/c1-4-24-14-8-6-13(7-9-14)17-19-15(12-25-17)16(21)18-10-5-11-20(2)26(3,22)23/h6-9,12H,4-5,10-11H2,1-3H3,(H,18,21). The number of hydrogen-bond acceptors (Lipinski definition) is 6. The smallest absolute Gasteiger partial charge is 0.270 e. The van der Waals surface area contributed by atoms with Crippen molar-refractivity contribution in [3.05, 3.63) is 35.3 Å². The van der Waals surface area contributed by atoms with E-state index in [-0.39, 0.29) is 5.91 Å². The maximum atomic E-state index is 12.2. The van der Waals surface area contributed by atoms with Crippen molar-refractivity contribution in [2.75, 3.05) is 33.0 Å². The van der Waals surface area contributed by atoms with E-state index in [0.717, 1.165) is 22.6 Å². The molecule has 1 heterocycles. The quantitative estimate of drug-likeness (QED) is 0.656. The molecule has 1 aromatic carbocycles. The molecule has 0 aliphatic carbocycles. The first-order valence-electron chi connectivity index (χ1n) is 8.19. The van der Waals surface area contributed by atoms with Crippen molar-refractivity contribution in [3.63, 3.8) is 0 Å². The monoisotopic (exact) mass is 397 g/mol. The largest absolute Gasteiger partial charge is 0.494 e. The van der Waals surface area contributed by atoms with Crippen LogP contribution in [-0.2, 0) is 10.0 Å². The molecule has 142 valence electrons. The third-order valence-electron chi connectivity index (χ3n) is 3.65. The summed E-state index contributed by atoms with van der Waals surface area (Å²) in [5.74, 6) is 0.533. The molecule has 1 N–H and O–H groups in total. The maximum Gasteiger partial charge on any atom is 0.270 e. The van der Waals surface area contributed by atoms with Crippen molar-refractivity contribution in [1.82, 2.24) is 14.6 Å². The van der Waals surface area contributed by atoms with Gasteiger partial charge in [0.05, 0.1) is 12.9 Å². The van der Waals surface area contributed by atoms with Gasteiger partial charge < -0.3 is 10.1 Å². The minimum atomic E-state index is -3.19. The Morgan fingerprint density at radius 3 is 2.62 bits per heavy atom. The van der Waals surface area contributed by atoms with Crippen molar-refractivity contribution in [1.29, 1.82) is 0 Å². The average molecular weight is 398 g/mol. The summed E-state index contributed by atoms with van der Waals surface area (Å²) in [5.41, 5.74) is 1.28. The molecule has 1 aromatic heterocycles. The second-order valence-corrected chi connectivity index (χ2v) is 8.64. The van der Waals surface area contributed by atoms with Gasteiger partial charge in [0.25, 0.3) is 5.91 Å². The Balaban J connectivity index is 1.87. The summed E-state index contributed by atoms with van der Waals surface area (Å²) in [7, 11) is -1.67. The first-order valence-corrected chi connectivity index (χ1v) is 10.9. The highest BCUT2D eigenvalue weighted by atomic mass is 32.2. The summed E-state index contributed by atoms with van der Waals surface area (Å²) in [6.45, 7) is 3.28. The number of thiazole rings is 1. The molecule has 0 saturated heterocycles. The predicted octanol–water partition coefficient (Wildman–Crippen LogP) is 2.22. The Morgan fingerprint density at radius 1 is 1.31 bits per heavy atom. The van der Waals surface area contributed by atoms with Gasteiger partial charge >= 0.3 is 0 Å². The number of nitrogens with zero attached hydrogens (tertiary/aromatic N) is 2. The number of ether oxygens (including phenoxy) is 1. The minimum absolute atomic E-state index is 0.263. The summed E-state index contributed by atoms with van der Waals surface area (Å²) in [6.07, 6.45) is 1.69. The molecule has 2 aromatic rings. The molecule has 7 nitrogen and oxygen atoms in total. The molecule has 0 atom stereocenters. The van der Waals surface area contributed by atoms with Crippen LogP contribution < -0.4 is 10.1 Å². The van der Waals surface area contributed by atoms with Gasteiger partial charge in [-0.25, -0.2) is 17.7 Å². The maximum absolute atomic E-state index is 12.2. The van der Waals surface area contributed by atoms with Crippen LogP contribution in [0.15, 0.2) is 29.6 Å². The van der Waals surface area contributed by atoms with Gasteiger partial charge in [0, 0.05) is 31.1 Å². The van der Waals surface area contributed by atoms with Crippen molar-refractivity contribution < 1.29 is 17.9 Å². The summed E-state index contributed by atoms with van der Waals surface area (Å²) in [6, 6.07) is 7.57. The molecule has 0 aliphatic heterocycles. The molecule has 26 heavy (non-hydrogen) atoms. The van der Waals surface area contributed by atoms with Gasteiger partial charge in [-0.05, 0) is 37.6 Å². The zero-order valence-electron chi connectivity index (χ0n) is 15.1. The summed E-state index contributed by atoms with van der Waals surface area (Å²) >= 11 is 1.40. The van der Waals surface area contributed by atoms with Gasteiger partial charge in [0.15, 0.2) is 0 Å². The number of carbonyl (C=O) groups excluding carboxylic acids is 1. The number of sulfonamides is 1. The number of amides is 1. The molecule has 0 saturated carbocycles. The minimum Gasteiger partial charge on any atom is -0.494 e. The molecule has 0 fully saturated rings. The van der Waals surface area contributed by atoms with E-state index in [1.807, 2.05) is 31.2 Å². The Bertz CT molecular complexity index is 832. The number of rotatable bonds is 9. The molecule has 0 unspecified atom stereocenters. The number of nitrogens with one attached hydrogen (secondary N) is 1. The van der Waals surface area contributed by atoms with Crippen LogP contribution in [0.1, 0.15) is 23.8 Å². The van der Waals surface area contributed by atoms with Crippen LogP contribution in [0.5, 0.6) is 5.75 Å². The summed E-state index contributed by atoms with van der Waals surface area (Å²) < 4.78 is 29.3. The van der Waals surface area contributed by atoms with Crippen LogP contribution in [0.4, 0.5) is 0 Å². The number of carbonyl (C=O) groups is 1. The zero-order chi connectivity index (χ0) is 19.2. The lowest BCUT2D eigenvalue weighted by Gasteiger charge is -2.13. The van der Waals surface area contributed by atoms with E-state index in [1.54, 1.807) is 5.38 Å². The van der Waals surface area contributed by atoms with Crippen LogP contribution >= 0.6 is 11.3 Å². The summed E-state index contributed by atoms with van der Waals surface area (Å²) in [5, 5.41) is 5.23. The van der Waals surface area contributed by atoms with Gasteiger partial charge in [-0.2, -0.15) is 0 Å². The molecular weight excluding hydrogens is 374 g/mol. The van der Waals surface area contributed by atoms with E-state index in [4.69, 9.17) is 4.74 Å². The van der Waals surface area contributed by atoms with E-state index in [1.165, 1.54) is 22.7 Å². The predicted molar refractivity (Wildman–Crippen MR) is 103 cm³/mol. The van der Waals surface area contributed by atoms with Crippen LogP contribution in [0.25, 0.3) is 10.6 Å². The fourth-order valence-electron chi connectivity index (χ4n) is 2.13. The van der Waals surface area contributed by atoms with Crippen LogP contribution in [0, 0.1) is 0 Å². The highest BCUT2D eigenvalue weighted by Gasteiger charge is 2.13. The van der Waals surface area contributed by atoms with Gasteiger partial charge in [-0.3, -0.25) is 4.79 Å². The van der Waals surface area contributed by atoms with Crippen molar-refractivity contribution in [2.45, 2.75) is 13.3 Å². The van der Waals surface area contributed by atoms with Gasteiger partial charge in [-0.15, -0.1) is 11.3 Å². The van der Waals surface area contributed by atoms with E-state index in [9.17, 15) is 13.2 Å². The summed E-state index contributed by atoms with van der Waals surface area (Å²) in [4.78, 5) is 16.5. The van der Waals surface area contributed by atoms with E-state index in [0.29, 0.717) is 31.8 Å². The topological polar surface area (TPSA) is 88.6 Å².